The lowest BCUT2D eigenvalue weighted by Gasteiger charge is -2.09. The molecule has 0 heterocycles. The maximum Gasteiger partial charge on any atom is 0.323 e. The minimum absolute atomic E-state index is 0.0684. The van der Waals surface area contributed by atoms with Gasteiger partial charge in [0.25, 0.3) is 0 Å². The lowest BCUT2D eigenvalue weighted by atomic mass is 10.3. The summed E-state index contributed by atoms with van der Waals surface area (Å²) in [5, 5.41) is 5.69. The number of halogens is 4. The van der Waals surface area contributed by atoms with Gasteiger partial charge in [0, 0.05) is 20.2 Å². The van der Waals surface area contributed by atoms with Crippen LogP contribution >= 0.6 is 39.1 Å². The Bertz CT molecular complexity index is 647. The summed E-state index contributed by atoms with van der Waals surface area (Å²) in [6.07, 6.45) is 0. The van der Waals surface area contributed by atoms with E-state index in [-0.39, 0.29) is 5.69 Å². The van der Waals surface area contributed by atoms with E-state index in [1.807, 2.05) is 0 Å². The molecule has 2 N–H and O–H groups in total. The molecule has 0 aliphatic carbocycles. The smallest absolute Gasteiger partial charge is 0.308 e. The molecule has 0 bridgehead atoms. The number of benzene rings is 2. The van der Waals surface area contributed by atoms with E-state index in [0.717, 1.165) is 0 Å². The molecule has 0 fully saturated rings. The summed E-state index contributed by atoms with van der Waals surface area (Å²) in [5.74, 6) is -0.543. The summed E-state index contributed by atoms with van der Waals surface area (Å²) in [7, 11) is 0. The van der Waals surface area contributed by atoms with Gasteiger partial charge >= 0.3 is 6.03 Å². The highest BCUT2D eigenvalue weighted by atomic mass is 79.9. The molecule has 0 unspecified atom stereocenters. The second-order valence-electron chi connectivity index (χ2n) is 3.86. The van der Waals surface area contributed by atoms with Gasteiger partial charge < -0.3 is 10.6 Å². The Morgan fingerprint density at radius 3 is 2.30 bits per heavy atom. The van der Waals surface area contributed by atoms with Gasteiger partial charge in [-0.3, -0.25) is 0 Å². The van der Waals surface area contributed by atoms with E-state index in [1.54, 1.807) is 12.1 Å². The Morgan fingerprint density at radius 1 is 1.05 bits per heavy atom. The molecule has 2 rings (SSSR count). The number of hydrogen-bond donors (Lipinski definition) is 2. The van der Waals surface area contributed by atoms with Crippen LogP contribution in [0.3, 0.4) is 0 Å². The number of urea groups is 1. The third-order valence-electron chi connectivity index (χ3n) is 2.30. The maximum atomic E-state index is 13.6. The molecular formula is C13H8BrCl2FN2O. The van der Waals surface area contributed by atoms with Crippen molar-refractivity contribution in [2.24, 2.45) is 0 Å². The highest BCUT2D eigenvalue weighted by Gasteiger charge is 2.08. The molecule has 0 aromatic heterocycles. The number of hydrogen-bond acceptors (Lipinski definition) is 1. The zero-order valence-corrected chi connectivity index (χ0v) is 13.0. The van der Waals surface area contributed by atoms with Crippen molar-refractivity contribution in [3.63, 3.8) is 0 Å². The van der Waals surface area contributed by atoms with E-state index < -0.39 is 11.8 Å². The van der Waals surface area contributed by atoms with Crippen LogP contribution in [0.15, 0.2) is 40.9 Å². The van der Waals surface area contributed by atoms with Crippen LogP contribution in [0.25, 0.3) is 0 Å². The summed E-state index contributed by atoms with van der Waals surface area (Å²) in [5.41, 5.74) is 0.483. The SMILES string of the molecule is O=C(Nc1cc(Cl)cc(Cl)c1)Nc1ccc(Br)cc1F. The topological polar surface area (TPSA) is 41.1 Å². The molecule has 0 saturated heterocycles. The molecule has 0 aliphatic rings. The molecule has 0 radical (unpaired) electrons. The predicted octanol–water partition coefficient (Wildman–Crippen LogP) is 5.54. The van der Waals surface area contributed by atoms with Crippen LogP contribution in [0.2, 0.25) is 10.0 Å². The van der Waals surface area contributed by atoms with Crippen molar-refractivity contribution >= 4 is 56.5 Å². The summed E-state index contributed by atoms with van der Waals surface area (Å²) in [4.78, 5) is 11.8. The number of amides is 2. The number of carbonyl (C=O) groups excluding carboxylic acids is 1. The number of rotatable bonds is 2. The average Bonchev–Trinajstić information content (AvgIpc) is 2.31. The third kappa shape index (κ3) is 4.10. The molecule has 0 spiro atoms. The Morgan fingerprint density at radius 2 is 1.70 bits per heavy atom. The first-order valence-corrected chi connectivity index (χ1v) is 6.98. The molecule has 0 saturated carbocycles. The highest BCUT2D eigenvalue weighted by molar-refractivity contribution is 9.10. The molecule has 2 aromatic carbocycles. The summed E-state index contributed by atoms with van der Waals surface area (Å²) in [6.45, 7) is 0. The van der Waals surface area contributed by atoms with Crippen LogP contribution < -0.4 is 10.6 Å². The van der Waals surface area contributed by atoms with E-state index in [2.05, 4.69) is 26.6 Å². The Labute approximate surface area is 133 Å². The summed E-state index contributed by atoms with van der Waals surface area (Å²) in [6, 6.07) is 8.34. The summed E-state index contributed by atoms with van der Waals surface area (Å²) >= 11 is 14.8. The van der Waals surface area contributed by atoms with Crippen LogP contribution in [0.1, 0.15) is 0 Å². The van der Waals surface area contributed by atoms with Crippen LogP contribution in [0.4, 0.5) is 20.6 Å². The first-order valence-electron chi connectivity index (χ1n) is 5.43. The molecule has 3 nitrogen and oxygen atoms in total. The van der Waals surface area contributed by atoms with Crippen molar-refractivity contribution < 1.29 is 9.18 Å². The van der Waals surface area contributed by atoms with Gasteiger partial charge in [-0.2, -0.15) is 0 Å². The van der Waals surface area contributed by atoms with Crippen molar-refractivity contribution in [2.75, 3.05) is 10.6 Å². The monoisotopic (exact) mass is 376 g/mol. The van der Waals surface area contributed by atoms with Crippen molar-refractivity contribution in [2.45, 2.75) is 0 Å². The minimum atomic E-state index is -0.593. The van der Waals surface area contributed by atoms with Crippen molar-refractivity contribution in [1.29, 1.82) is 0 Å². The lowest BCUT2D eigenvalue weighted by Crippen LogP contribution is -2.20. The van der Waals surface area contributed by atoms with Gasteiger partial charge in [-0.05, 0) is 36.4 Å². The van der Waals surface area contributed by atoms with E-state index in [1.165, 1.54) is 24.3 Å². The largest absolute Gasteiger partial charge is 0.323 e. The fourth-order valence-electron chi connectivity index (χ4n) is 1.50. The third-order valence-corrected chi connectivity index (χ3v) is 3.23. The number of anilines is 2. The Hall–Kier alpha value is -1.30. The van der Waals surface area contributed by atoms with Gasteiger partial charge in [0.05, 0.1) is 5.69 Å². The Balaban J connectivity index is 2.09. The molecule has 0 atom stereocenters. The zero-order chi connectivity index (χ0) is 14.7. The van der Waals surface area contributed by atoms with Crippen LogP contribution in [-0.2, 0) is 0 Å². The molecule has 104 valence electrons. The van der Waals surface area contributed by atoms with Gasteiger partial charge in [-0.1, -0.05) is 39.1 Å². The summed E-state index contributed by atoms with van der Waals surface area (Å²) < 4.78 is 14.1. The fourth-order valence-corrected chi connectivity index (χ4v) is 2.36. The normalized spacial score (nSPS) is 10.2. The van der Waals surface area contributed by atoms with E-state index in [0.29, 0.717) is 20.2 Å². The number of carbonyl (C=O) groups is 1. The second-order valence-corrected chi connectivity index (χ2v) is 5.65. The van der Waals surface area contributed by atoms with Gasteiger partial charge in [-0.25, -0.2) is 9.18 Å². The molecule has 2 aromatic rings. The van der Waals surface area contributed by atoms with Gasteiger partial charge in [0.1, 0.15) is 5.82 Å². The molecular weight excluding hydrogens is 370 g/mol. The second kappa shape index (κ2) is 6.43. The maximum absolute atomic E-state index is 13.6. The van der Waals surface area contributed by atoms with Crippen LogP contribution in [0.5, 0.6) is 0 Å². The lowest BCUT2D eigenvalue weighted by molar-refractivity contribution is 0.262. The van der Waals surface area contributed by atoms with E-state index in [9.17, 15) is 9.18 Å². The predicted molar refractivity (Wildman–Crippen MR) is 83.2 cm³/mol. The van der Waals surface area contributed by atoms with Crippen LogP contribution in [0, 0.1) is 5.82 Å². The standard InChI is InChI=1S/C13H8BrCl2FN2O/c14-7-1-2-12(11(17)3-7)19-13(20)18-10-5-8(15)4-9(16)6-10/h1-6H,(H2,18,19,20). The van der Waals surface area contributed by atoms with Crippen molar-refractivity contribution in [3.05, 3.63) is 56.7 Å². The van der Waals surface area contributed by atoms with E-state index >= 15 is 0 Å². The quantitative estimate of drug-likeness (QED) is 0.708. The van der Waals surface area contributed by atoms with Gasteiger partial charge in [0.2, 0.25) is 0 Å². The average molecular weight is 378 g/mol. The Kier molecular flexibility index (Phi) is 4.86. The number of nitrogens with one attached hydrogen (secondary N) is 2. The van der Waals surface area contributed by atoms with Crippen molar-refractivity contribution in [1.82, 2.24) is 0 Å². The highest BCUT2D eigenvalue weighted by Crippen LogP contribution is 2.23. The van der Waals surface area contributed by atoms with Gasteiger partial charge in [-0.15, -0.1) is 0 Å². The van der Waals surface area contributed by atoms with Crippen molar-refractivity contribution in [3.8, 4) is 0 Å². The first-order chi connectivity index (χ1) is 9.44. The first kappa shape index (κ1) is 15.1. The molecule has 7 heteroatoms. The van der Waals surface area contributed by atoms with E-state index in [4.69, 9.17) is 23.2 Å². The molecule has 0 aliphatic heterocycles. The molecule has 20 heavy (non-hydrogen) atoms. The zero-order valence-electron chi connectivity index (χ0n) is 9.88. The fraction of sp³-hybridized carbons (Fsp3) is 0. The molecule has 2 amide bonds. The van der Waals surface area contributed by atoms with Gasteiger partial charge in [0.15, 0.2) is 0 Å². The van der Waals surface area contributed by atoms with Crippen LogP contribution in [-0.4, -0.2) is 6.03 Å². The minimum Gasteiger partial charge on any atom is -0.308 e.